The highest BCUT2D eigenvalue weighted by molar-refractivity contribution is 5.82. The normalized spacial score (nSPS) is 13.8. The Hall–Kier alpha value is -1.43. The van der Waals surface area contributed by atoms with Gasteiger partial charge < -0.3 is 19.9 Å². The highest BCUT2D eigenvalue weighted by Gasteiger charge is 2.37. The van der Waals surface area contributed by atoms with Crippen LogP contribution in [-0.2, 0) is 24.5 Å². The average Bonchev–Trinajstić information content (AvgIpc) is 2.50. The number of ether oxygens (including phenoxy) is 3. The first-order valence-electron chi connectivity index (χ1n) is 6.73. The van der Waals surface area contributed by atoms with Crippen molar-refractivity contribution in [2.75, 3.05) is 33.5 Å². The van der Waals surface area contributed by atoms with Gasteiger partial charge in [-0.15, -0.1) is 0 Å². The van der Waals surface area contributed by atoms with Gasteiger partial charge >= 0.3 is 5.97 Å². The second kappa shape index (κ2) is 8.68. The third-order valence-electron chi connectivity index (χ3n) is 2.89. The van der Waals surface area contributed by atoms with Crippen LogP contribution in [0.15, 0.2) is 30.3 Å². The van der Waals surface area contributed by atoms with E-state index in [0.717, 1.165) is 6.42 Å². The number of hydrogen-bond acceptors (Lipinski definition) is 5. The van der Waals surface area contributed by atoms with Crippen molar-refractivity contribution in [1.82, 2.24) is 0 Å². The molecule has 1 unspecified atom stereocenters. The van der Waals surface area contributed by atoms with Gasteiger partial charge in [-0.2, -0.15) is 0 Å². The SMILES string of the molecule is CCCOCCOCC(N)(C(=O)OC)c1ccccc1. The molecule has 0 aromatic heterocycles. The lowest BCUT2D eigenvalue weighted by atomic mass is 9.92. The summed E-state index contributed by atoms with van der Waals surface area (Å²) in [6, 6.07) is 9.08. The molecule has 1 atom stereocenters. The lowest BCUT2D eigenvalue weighted by molar-refractivity contribution is -0.150. The molecule has 1 aromatic carbocycles. The Morgan fingerprint density at radius 2 is 1.80 bits per heavy atom. The van der Waals surface area contributed by atoms with Crippen LogP contribution in [0.4, 0.5) is 0 Å². The van der Waals surface area contributed by atoms with E-state index in [1.54, 1.807) is 12.1 Å². The molecule has 0 heterocycles. The first-order valence-corrected chi connectivity index (χ1v) is 6.73. The molecule has 0 aliphatic heterocycles. The van der Waals surface area contributed by atoms with Gasteiger partial charge in [0.05, 0.1) is 26.9 Å². The van der Waals surface area contributed by atoms with Crippen LogP contribution in [0.5, 0.6) is 0 Å². The average molecular weight is 281 g/mol. The van der Waals surface area contributed by atoms with Gasteiger partial charge in [0, 0.05) is 6.61 Å². The summed E-state index contributed by atoms with van der Waals surface area (Å²) in [5.41, 5.74) is 5.55. The monoisotopic (exact) mass is 281 g/mol. The molecular weight excluding hydrogens is 258 g/mol. The van der Waals surface area contributed by atoms with Crippen molar-refractivity contribution in [2.45, 2.75) is 18.9 Å². The Morgan fingerprint density at radius 1 is 1.15 bits per heavy atom. The molecule has 1 rings (SSSR count). The molecule has 0 bridgehead atoms. The van der Waals surface area contributed by atoms with Crippen molar-refractivity contribution in [3.8, 4) is 0 Å². The van der Waals surface area contributed by atoms with E-state index >= 15 is 0 Å². The molecule has 0 saturated heterocycles. The minimum absolute atomic E-state index is 0.0547. The zero-order valence-electron chi connectivity index (χ0n) is 12.1. The van der Waals surface area contributed by atoms with Crippen molar-refractivity contribution >= 4 is 5.97 Å². The van der Waals surface area contributed by atoms with Crippen molar-refractivity contribution in [3.05, 3.63) is 35.9 Å². The largest absolute Gasteiger partial charge is 0.467 e. The van der Waals surface area contributed by atoms with E-state index in [9.17, 15) is 4.79 Å². The summed E-state index contributed by atoms with van der Waals surface area (Å²) in [5, 5.41) is 0. The molecule has 112 valence electrons. The van der Waals surface area contributed by atoms with Crippen LogP contribution in [-0.4, -0.2) is 39.5 Å². The third-order valence-corrected chi connectivity index (χ3v) is 2.89. The second-order valence-electron chi connectivity index (χ2n) is 4.49. The molecule has 0 aliphatic carbocycles. The zero-order chi connectivity index (χ0) is 14.8. The standard InChI is InChI=1S/C15H23NO4/c1-3-9-19-10-11-20-12-15(16,14(17)18-2)13-7-5-4-6-8-13/h4-8H,3,9-12,16H2,1-2H3. The van der Waals surface area contributed by atoms with E-state index in [1.165, 1.54) is 7.11 Å². The fourth-order valence-electron chi connectivity index (χ4n) is 1.78. The summed E-state index contributed by atoms with van der Waals surface area (Å²) in [6.07, 6.45) is 0.965. The van der Waals surface area contributed by atoms with Gasteiger partial charge in [0.15, 0.2) is 5.54 Å². The van der Waals surface area contributed by atoms with Gasteiger partial charge in [-0.25, -0.2) is 4.79 Å². The number of benzene rings is 1. The van der Waals surface area contributed by atoms with Crippen LogP contribution < -0.4 is 5.73 Å². The van der Waals surface area contributed by atoms with Crippen LogP contribution in [0, 0.1) is 0 Å². The fraction of sp³-hybridized carbons (Fsp3) is 0.533. The predicted octanol–water partition coefficient (Wildman–Crippen LogP) is 1.46. The highest BCUT2D eigenvalue weighted by Crippen LogP contribution is 2.20. The summed E-state index contributed by atoms with van der Waals surface area (Å²) in [7, 11) is 1.32. The molecule has 1 aromatic rings. The van der Waals surface area contributed by atoms with Gasteiger partial charge in [-0.3, -0.25) is 0 Å². The van der Waals surface area contributed by atoms with Crippen LogP contribution in [0.25, 0.3) is 0 Å². The molecule has 0 aliphatic rings. The van der Waals surface area contributed by atoms with Crippen molar-refractivity contribution in [3.63, 3.8) is 0 Å². The van der Waals surface area contributed by atoms with E-state index in [0.29, 0.717) is 25.4 Å². The quantitative estimate of drug-likeness (QED) is 0.548. The molecule has 5 nitrogen and oxygen atoms in total. The minimum atomic E-state index is -1.29. The number of nitrogens with two attached hydrogens (primary N) is 1. The Kier molecular flexibility index (Phi) is 7.22. The van der Waals surface area contributed by atoms with E-state index in [4.69, 9.17) is 19.9 Å². The lowest BCUT2D eigenvalue weighted by Crippen LogP contribution is -2.49. The summed E-state index contributed by atoms with van der Waals surface area (Å²) in [4.78, 5) is 11.9. The van der Waals surface area contributed by atoms with Gasteiger partial charge in [0.2, 0.25) is 0 Å². The van der Waals surface area contributed by atoms with Crippen molar-refractivity contribution in [1.29, 1.82) is 0 Å². The first kappa shape index (κ1) is 16.6. The number of rotatable bonds is 9. The maximum atomic E-state index is 11.9. The summed E-state index contributed by atoms with van der Waals surface area (Å²) >= 11 is 0. The first-order chi connectivity index (χ1) is 9.65. The Labute approximate surface area is 120 Å². The highest BCUT2D eigenvalue weighted by atomic mass is 16.5. The maximum absolute atomic E-state index is 11.9. The molecule has 20 heavy (non-hydrogen) atoms. The smallest absolute Gasteiger partial charge is 0.332 e. The van der Waals surface area contributed by atoms with E-state index in [2.05, 4.69) is 0 Å². The second-order valence-corrected chi connectivity index (χ2v) is 4.49. The number of carbonyl (C=O) groups is 1. The van der Waals surface area contributed by atoms with E-state index in [-0.39, 0.29) is 6.61 Å². The zero-order valence-corrected chi connectivity index (χ0v) is 12.1. The van der Waals surface area contributed by atoms with Crippen molar-refractivity contribution < 1.29 is 19.0 Å². The van der Waals surface area contributed by atoms with Crippen LogP contribution >= 0.6 is 0 Å². The van der Waals surface area contributed by atoms with Crippen LogP contribution in [0.3, 0.4) is 0 Å². The maximum Gasteiger partial charge on any atom is 0.332 e. The third kappa shape index (κ3) is 4.59. The Balaban J connectivity index is 2.59. The molecule has 0 radical (unpaired) electrons. The van der Waals surface area contributed by atoms with Gasteiger partial charge in [-0.05, 0) is 12.0 Å². The molecule has 2 N–H and O–H groups in total. The van der Waals surface area contributed by atoms with E-state index < -0.39 is 11.5 Å². The summed E-state index contributed by atoms with van der Waals surface area (Å²) in [6.45, 7) is 3.67. The number of esters is 1. The number of carbonyl (C=O) groups excluding carboxylic acids is 1. The van der Waals surface area contributed by atoms with Crippen LogP contribution in [0.1, 0.15) is 18.9 Å². The number of methoxy groups -OCH3 is 1. The topological polar surface area (TPSA) is 70.8 Å². The summed E-state index contributed by atoms with van der Waals surface area (Å²) in [5.74, 6) is -0.516. The van der Waals surface area contributed by atoms with Gasteiger partial charge in [0.25, 0.3) is 0 Å². The predicted molar refractivity (Wildman–Crippen MR) is 76.3 cm³/mol. The Morgan fingerprint density at radius 3 is 2.40 bits per heavy atom. The molecule has 0 fully saturated rings. The lowest BCUT2D eigenvalue weighted by Gasteiger charge is -2.26. The van der Waals surface area contributed by atoms with Crippen molar-refractivity contribution in [2.24, 2.45) is 5.73 Å². The minimum Gasteiger partial charge on any atom is -0.467 e. The Bertz CT molecular complexity index is 396. The van der Waals surface area contributed by atoms with Gasteiger partial charge in [-0.1, -0.05) is 37.3 Å². The molecule has 5 heteroatoms. The van der Waals surface area contributed by atoms with E-state index in [1.807, 2.05) is 25.1 Å². The molecule has 0 amide bonds. The van der Waals surface area contributed by atoms with Gasteiger partial charge in [0.1, 0.15) is 0 Å². The molecule has 0 spiro atoms. The molecular formula is C15H23NO4. The fourth-order valence-corrected chi connectivity index (χ4v) is 1.78. The van der Waals surface area contributed by atoms with Crippen LogP contribution in [0.2, 0.25) is 0 Å². The molecule has 0 saturated carbocycles. The summed E-state index contributed by atoms with van der Waals surface area (Å²) < 4.78 is 15.6. The number of hydrogen-bond donors (Lipinski definition) is 1.